The van der Waals surface area contributed by atoms with Crippen molar-refractivity contribution in [3.8, 4) is 17.2 Å². The molecule has 0 radical (unpaired) electrons. The zero-order chi connectivity index (χ0) is 13.0. The maximum absolute atomic E-state index is 9.47. The molecule has 4 nitrogen and oxygen atoms in total. The molecule has 0 aliphatic heterocycles. The Morgan fingerprint density at radius 2 is 1.78 bits per heavy atom. The van der Waals surface area contributed by atoms with Crippen molar-refractivity contribution in [1.82, 2.24) is 0 Å². The fourth-order valence-electron chi connectivity index (χ4n) is 1.64. The van der Waals surface area contributed by atoms with E-state index in [0.717, 1.165) is 11.3 Å². The first-order valence-corrected chi connectivity index (χ1v) is 5.54. The summed E-state index contributed by atoms with van der Waals surface area (Å²) in [6.45, 7) is 0.331. The van der Waals surface area contributed by atoms with E-state index in [1.165, 1.54) is 6.07 Å². The number of benzene rings is 2. The lowest BCUT2D eigenvalue weighted by atomic mass is 10.2. The van der Waals surface area contributed by atoms with Crippen molar-refractivity contribution in [2.75, 3.05) is 12.8 Å². The third kappa shape index (κ3) is 2.48. The molecule has 4 heteroatoms. The molecule has 0 atom stereocenters. The van der Waals surface area contributed by atoms with Gasteiger partial charge in [0.1, 0.15) is 29.5 Å². The summed E-state index contributed by atoms with van der Waals surface area (Å²) < 4.78 is 10.8. The lowest BCUT2D eigenvalue weighted by molar-refractivity contribution is 0.297. The number of rotatable bonds is 4. The van der Waals surface area contributed by atoms with Gasteiger partial charge >= 0.3 is 0 Å². The Balaban J connectivity index is 2.14. The maximum Gasteiger partial charge on any atom is 0.146 e. The van der Waals surface area contributed by atoms with E-state index in [-0.39, 0.29) is 11.4 Å². The predicted octanol–water partition coefficient (Wildman–Crippen LogP) is 2.56. The lowest BCUT2D eigenvalue weighted by Crippen LogP contribution is -2.00. The first kappa shape index (κ1) is 12.1. The fourth-order valence-corrected chi connectivity index (χ4v) is 1.64. The highest BCUT2D eigenvalue weighted by Gasteiger charge is 2.07. The second-order valence-electron chi connectivity index (χ2n) is 3.79. The summed E-state index contributed by atoms with van der Waals surface area (Å²) in [6, 6.07) is 12.5. The van der Waals surface area contributed by atoms with Gasteiger partial charge in [-0.2, -0.15) is 0 Å². The van der Waals surface area contributed by atoms with Crippen LogP contribution in [0.3, 0.4) is 0 Å². The summed E-state index contributed by atoms with van der Waals surface area (Å²) in [5, 5.41) is 9.47. The molecule has 0 spiro atoms. The average Bonchev–Trinajstić information content (AvgIpc) is 2.41. The minimum absolute atomic E-state index is 0.0209. The first-order valence-electron chi connectivity index (χ1n) is 5.54. The van der Waals surface area contributed by atoms with Gasteiger partial charge in [0.25, 0.3) is 0 Å². The number of para-hydroxylation sites is 2. The van der Waals surface area contributed by atoms with Crippen molar-refractivity contribution in [2.45, 2.75) is 6.61 Å². The Hall–Kier alpha value is -2.36. The van der Waals surface area contributed by atoms with E-state index >= 15 is 0 Å². The van der Waals surface area contributed by atoms with Crippen molar-refractivity contribution in [2.24, 2.45) is 0 Å². The fraction of sp³-hybridized carbons (Fsp3) is 0.143. The second-order valence-corrected chi connectivity index (χ2v) is 3.79. The summed E-state index contributed by atoms with van der Waals surface area (Å²) in [4.78, 5) is 0. The number of nitrogens with two attached hydrogens (primary N) is 1. The van der Waals surface area contributed by atoms with Crippen LogP contribution in [0.15, 0.2) is 42.5 Å². The Labute approximate surface area is 106 Å². The number of hydrogen-bond acceptors (Lipinski definition) is 4. The van der Waals surface area contributed by atoms with Gasteiger partial charge in [0.05, 0.1) is 7.11 Å². The smallest absolute Gasteiger partial charge is 0.146 e. The Bertz CT molecular complexity index is 540. The van der Waals surface area contributed by atoms with Crippen molar-refractivity contribution in [1.29, 1.82) is 0 Å². The molecule has 3 N–H and O–H groups in total. The number of phenolic OH excluding ortho intramolecular Hbond substituents is 1. The van der Waals surface area contributed by atoms with Crippen LogP contribution in [-0.4, -0.2) is 12.2 Å². The van der Waals surface area contributed by atoms with E-state index in [4.69, 9.17) is 15.2 Å². The third-order valence-corrected chi connectivity index (χ3v) is 2.62. The van der Waals surface area contributed by atoms with E-state index in [1.54, 1.807) is 19.2 Å². The second kappa shape index (κ2) is 5.31. The molecule has 0 heterocycles. The van der Waals surface area contributed by atoms with Gasteiger partial charge in [-0.3, -0.25) is 0 Å². The SMILES string of the molecule is COc1ccccc1COc1cccc(O)c1N. The summed E-state index contributed by atoms with van der Waals surface area (Å²) in [5.41, 5.74) is 6.87. The van der Waals surface area contributed by atoms with E-state index < -0.39 is 0 Å². The number of aromatic hydroxyl groups is 1. The summed E-state index contributed by atoms with van der Waals surface area (Å²) in [5.74, 6) is 1.24. The van der Waals surface area contributed by atoms with Crippen LogP contribution >= 0.6 is 0 Å². The third-order valence-electron chi connectivity index (χ3n) is 2.62. The van der Waals surface area contributed by atoms with Gasteiger partial charge in [-0.05, 0) is 18.2 Å². The topological polar surface area (TPSA) is 64.7 Å². The first-order chi connectivity index (χ1) is 8.72. The number of nitrogen functional groups attached to an aromatic ring is 1. The van der Waals surface area contributed by atoms with Gasteiger partial charge in [0.15, 0.2) is 0 Å². The van der Waals surface area contributed by atoms with Crippen LogP contribution in [-0.2, 0) is 6.61 Å². The normalized spacial score (nSPS) is 10.1. The molecule has 2 aromatic rings. The van der Waals surface area contributed by atoms with Gasteiger partial charge in [-0.15, -0.1) is 0 Å². The molecule has 94 valence electrons. The zero-order valence-corrected chi connectivity index (χ0v) is 10.1. The standard InChI is InChI=1S/C14H15NO3/c1-17-12-7-3-2-5-10(12)9-18-13-8-4-6-11(16)14(13)15/h2-8,16H,9,15H2,1H3. The van der Waals surface area contributed by atoms with Crippen LogP contribution in [0, 0.1) is 0 Å². The zero-order valence-electron chi connectivity index (χ0n) is 10.1. The Morgan fingerprint density at radius 3 is 2.56 bits per heavy atom. The molecule has 0 bridgehead atoms. The van der Waals surface area contributed by atoms with Crippen LogP contribution in [0.5, 0.6) is 17.2 Å². The lowest BCUT2D eigenvalue weighted by Gasteiger charge is -2.12. The van der Waals surface area contributed by atoms with E-state index in [2.05, 4.69) is 0 Å². The highest BCUT2D eigenvalue weighted by Crippen LogP contribution is 2.31. The molecule has 2 rings (SSSR count). The van der Waals surface area contributed by atoms with E-state index in [9.17, 15) is 5.11 Å². The minimum atomic E-state index is 0.0209. The largest absolute Gasteiger partial charge is 0.506 e. The van der Waals surface area contributed by atoms with Crippen LogP contribution < -0.4 is 15.2 Å². The van der Waals surface area contributed by atoms with Gasteiger partial charge in [-0.25, -0.2) is 0 Å². The number of anilines is 1. The quantitative estimate of drug-likeness (QED) is 0.641. The molecule has 0 saturated carbocycles. The molecule has 0 fully saturated rings. The molecular weight excluding hydrogens is 230 g/mol. The van der Waals surface area contributed by atoms with E-state index in [0.29, 0.717) is 12.4 Å². The van der Waals surface area contributed by atoms with Crippen molar-refractivity contribution < 1.29 is 14.6 Å². The van der Waals surface area contributed by atoms with Crippen molar-refractivity contribution >= 4 is 5.69 Å². The minimum Gasteiger partial charge on any atom is -0.506 e. The maximum atomic E-state index is 9.47. The summed E-state index contributed by atoms with van der Waals surface area (Å²) >= 11 is 0. The highest BCUT2D eigenvalue weighted by molar-refractivity contribution is 5.61. The summed E-state index contributed by atoms with van der Waals surface area (Å²) in [6.07, 6.45) is 0. The molecule has 0 aliphatic rings. The monoisotopic (exact) mass is 245 g/mol. The number of hydrogen-bond donors (Lipinski definition) is 2. The van der Waals surface area contributed by atoms with Crippen LogP contribution in [0.1, 0.15) is 5.56 Å². The Kier molecular flexibility index (Phi) is 3.57. The van der Waals surface area contributed by atoms with Crippen LogP contribution in [0.4, 0.5) is 5.69 Å². The number of methoxy groups -OCH3 is 1. The van der Waals surface area contributed by atoms with E-state index in [1.807, 2.05) is 24.3 Å². The van der Waals surface area contributed by atoms with Gasteiger partial charge < -0.3 is 20.3 Å². The Morgan fingerprint density at radius 1 is 1.06 bits per heavy atom. The van der Waals surface area contributed by atoms with Gasteiger partial charge in [0.2, 0.25) is 0 Å². The van der Waals surface area contributed by atoms with Gasteiger partial charge in [-0.1, -0.05) is 24.3 Å². The van der Waals surface area contributed by atoms with Crippen molar-refractivity contribution in [3.63, 3.8) is 0 Å². The molecular formula is C14H15NO3. The molecule has 0 saturated heterocycles. The molecule has 0 aliphatic carbocycles. The van der Waals surface area contributed by atoms with Crippen LogP contribution in [0.2, 0.25) is 0 Å². The highest BCUT2D eigenvalue weighted by atomic mass is 16.5. The summed E-state index contributed by atoms with van der Waals surface area (Å²) in [7, 11) is 1.61. The molecule has 2 aromatic carbocycles. The van der Waals surface area contributed by atoms with Crippen LogP contribution in [0.25, 0.3) is 0 Å². The molecule has 0 aromatic heterocycles. The molecule has 0 unspecified atom stereocenters. The number of phenols is 1. The van der Waals surface area contributed by atoms with Crippen molar-refractivity contribution in [3.05, 3.63) is 48.0 Å². The molecule has 18 heavy (non-hydrogen) atoms. The molecule has 0 amide bonds. The average molecular weight is 245 g/mol. The number of ether oxygens (including phenoxy) is 2. The predicted molar refractivity (Wildman–Crippen MR) is 69.8 cm³/mol. The van der Waals surface area contributed by atoms with Gasteiger partial charge in [0, 0.05) is 5.56 Å².